The number of rotatable bonds is 2. The quantitative estimate of drug-likeness (QED) is 0.885. The highest BCUT2D eigenvalue weighted by Crippen LogP contribution is 2.25. The van der Waals surface area contributed by atoms with Crippen LogP contribution in [0.4, 0.5) is 5.69 Å². The minimum Gasteiger partial charge on any atom is -0.351 e. The van der Waals surface area contributed by atoms with Gasteiger partial charge in [-0.3, -0.25) is 4.79 Å². The van der Waals surface area contributed by atoms with Crippen LogP contribution < -0.4 is 5.32 Å². The van der Waals surface area contributed by atoms with Crippen LogP contribution in [-0.2, 0) is 7.05 Å². The topological polar surface area (TPSA) is 34.0 Å². The van der Waals surface area contributed by atoms with Crippen LogP contribution in [0.25, 0.3) is 0 Å². The maximum Gasteiger partial charge on any atom is 0.257 e. The Labute approximate surface area is 122 Å². The van der Waals surface area contributed by atoms with Crippen molar-refractivity contribution in [1.82, 2.24) is 4.57 Å². The average molecular weight is 297 g/mol. The molecule has 0 atom stereocenters. The van der Waals surface area contributed by atoms with Gasteiger partial charge in [-0.05, 0) is 38.1 Å². The summed E-state index contributed by atoms with van der Waals surface area (Å²) >= 11 is 11.8. The second-order valence-electron chi connectivity index (χ2n) is 4.43. The third-order valence-corrected chi connectivity index (χ3v) is 3.94. The number of benzene rings is 1. The van der Waals surface area contributed by atoms with Gasteiger partial charge in [0.15, 0.2) is 0 Å². The molecule has 5 heteroatoms. The van der Waals surface area contributed by atoms with Gasteiger partial charge in [0.05, 0.1) is 15.6 Å². The van der Waals surface area contributed by atoms with E-state index in [1.54, 1.807) is 18.2 Å². The lowest BCUT2D eigenvalue weighted by Crippen LogP contribution is -2.12. The van der Waals surface area contributed by atoms with Crippen molar-refractivity contribution in [3.05, 3.63) is 51.3 Å². The lowest BCUT2D eigenvalue weighted by molar-refractivity contribution is 0.102. The van der Waals surface area contributed by atoms with E-state index in [2.05, 4.69) is 5.32 Å². The molecule has 1 aromatic heterocycles. The third kappa shape index (κ3) is 2.77. The molecule has 0 bridgehead atoms. The summed E-state index contributed by atoms with van der Waals surface area (Å²) in [4.78, 5) is 12.2. The molecule has 2 aromatic rings. The first-order valence-corrected chi connectivity index (χ1v) is 6.55. The van der Waals surface area contributed by atoms with Gasteiger partial charge in [0.1, 0.15) is 0 Å². The van der Waals surface area contributed by atoms with Gasteiger partial charge in [-0.2, -0.15) is 0 Å². The minimum absolute atomic E-state index is 0.153. The van der Waals surface area contributed by atoms with Crippen LogP contribution in [0.15, 0.2) is 24.3 Å². The zero-order chi connectivity index (χ0) is 14.2. The normalized spacial score (nSPS) is 10.6. The molecule has 1 amide bonds. The van der Waals surface area contributed by atoms with Gasteiger partial charge in [0, 0.05) is 24.1 Å². The Balaban J connectivity index is 2.25. The van der Waals surface area contributed by atoms with Gasteiger partial charge < -0.3 is 9.88 Å². The highest BCUT2D eigenvalue weighted by atomic mass is 35.5. The molecule has 0 saturated heterocycles. The van der Waals surface area contributed by atoms with E-state index in [-0.39, 0.29) is 5.91 Å². The standard InChI is InChI=1S/C14H14Cl2N2O/c1-8-6-11(9(2)18(8)3)14(19)17-10-4-5-12(15)13(16)7-10/h4-7H,1-3H3,(H,17,19). The number of nitrogens with zero attached hydrogens (tertiary/aromatic N) is 1. The highest BCUT2D eigenvalue weighted by molar-refractivity contribution is 6.42. The van der Waals surface area contributed by atoms with Gasteiger partial charge >= 0.3 is 0 Å². The summed E-state index contributed by atoms with van der Waals surface area (Å²) in [6, 6.07) is 6.87. The zero-order valence-electron chi connectivity index (χ0n) is 10.9. The van der Waals surface area contributed by atoms with Crippen molar-refractivity contribution >= 4 is 34.8 Å². The number of carbonyl (C=O) groups excluding carboxylic acids is 1. The van der Waals surface area contributed by atoms with Crippen molar-refractivity contribution in [3.8, 4) is 0 Å². The van der Waals surface area contributed by atoms with Crippen molar-refractivity contribution in [1.29, 1.82) is 0 Å². The first-order valence-electron chi connectivity index (χ1n) is 5.79. The largest absolute Gasteiger partial charge is 0.351 e. The van der Waals surface area contributed by atoms with E-state index in [1.807, 2.05) is 31.5 Å². The average Bonchev–Trinajstić information content (AvgIpc) is 2.62. The molecule has 19 heavy (non-hydrogen) atoms. The van der Waals surface area contributed by atoms with Crippen molar-refractivity contribution in [2.24, 2.45) is 7.05 Å². The van der Waals surface area contributed by atoms with E-state index in [1.165, 1.54) is 0 Å². The van der Waals surface area contributed by atoms with Gasteiger partial charge in [0.2, 0.25) is 0 Å². The third-order valence-electron chi connectivity index (χ3n) is 3.20. The Morgan fingerprint density at radius 2 is 1.84 bits per heavy atom. The Bertz CT molecular complexity index is 647. The van der Waals surface area contributed by atoms with Crippen LogP contribution in [0.3, 0.4) is 0 Å². The Kier molecular flexibility index (Phi) is 3.88. The number of hydrogen-bond acceptors (Lipinski definition) is 1. The summed E-state index contributed by atoms with van der Waals surface area (Å²) in [5, 5.41) is 3.69. The van der Waals surface area contributed by atoms with Crippen LogP contribution in [-0.4, -0.2) is 10.5 Å². The van der Waals surface area contributed by atoms with Crippen molar-refractivity contribution in [2.75, 3.05) is 5.32 Å². The number of halogens is 2. The van der Waals surface area contributed by atoms with Crippen molar-refractivity contribution in [3.63, 3.8) is 0 Å². The van der Waals surface area contributed by atoms with Crippen LogP contribution in [0.5, 0.6) is 0 Å². The first-order chi connectivity index (χ1) is 8.90. The van der Waals surface area contributed by atoms with Gasteiger partial charge in [-0.15, -0.1) is 0 Å². The predicted molar refractivity (Wildman–Crippen MR) is 79.3 cm³/mol. The molecule has 1 aromatic carbocycles. The number of aromatic nitrogens is 1. The Morgan fingerprint density at radius 3 is 2.37 bits per heavy atom. The second-order valence-corrected chi connectivity index (χ2v) is 5.24. The van der Waals surface area contributed by atoms with Crippen LogP contribution in [0.2, 0.25) is 10.0 Å². The molecule has 1 heterocycles. The van der Waals surface area contributed by atoms with Crippen LogP contribution in [0.1, 0.15) is 21.7 Å². The summed E-state index contributed by atoms with van der Waals surface area (Å²) < 4.78 is 1.98. The molecule has 0 spiro atoms. The van der Waals surface area contributed by atoms with Crippen molar-refractivity contribution < 1.29 is 4.79 Å². The predicted octanol–water partition coefficient (Wildman–Crippen LogP) is 4.20. The monoisotopic (exact) mass is 296 g/mol. The summed E-state index contributed by atoms with van der Waals surface area (Å²) in [5.74, 6) is -0.153. The van der Waals surface area contributed by atoms with Gasteiger partial charge in [-0.25, -0.2) is 0 Å². The van der Waals surface area contributed by atoms with E-state index >= 15 is 0 Å². The number of nitrogens with one attached hydrogen (secondary N) is 1. The van der Waals surface area contributed by atoms with E-state index in [4.69, 9.17) is 23.2 Å². The molecule has 0 unspecified atom stereocenters. The van der Waals surface area contributed by atoms with E-state index in [0.29, 0.717) is 21.3 Å². The maximum absolute atomic E-state index is 12.2. The fraction of sp³-hybridized carbons (Fsp3) is 0.214. The fourth-order valence-electron chi connectivity index (χ4n) is 1.86. The van der Waals surface area contributed by atoms with E-state index in [9.17, 15) is 4.79 Å². The second kappa shape index (κ2) is 5.27. The fourth-order valence-corrected chi connectivity index (χ4v) is 2.16. The van der Waals surface area contributed by atoms with Crippen LogP contribution in [0, 0.1) is 13.8 Å². The SMILES string of the molecule is Cc1cc(C(=O)Nc2ccc(Cl)c(Cl)c2)c(C)n1C. The zero-order valence-corrected chi connectivity index (χ0v) is 12.4. The van der Waals surface area contributed by atoms with E-state index < -0.39 is 0 Å². The molecule has 0 fully saturated rings. The summed E-state index contributed by atoms with van der Waals surface area (Å²) in [6.45, 7) is 3.87. The number of aryl methyl sites for hydroxylation is 1. The molecule has 100 valence electrons. The van der Waals surface area contributed by atoms with E-state index in [0.717, 1.165) is 11.4 Å². The molecule has 0 radical (unpaired) electrons. The maximum atomic E-state index is 12.2. The van der Waals surface area contributed by atoms with Crippen molar-refractivity contribution in [2.45, 2.75) is 13.8 Å². The number of anilines is 1. The first kappa shape index (κ1) is 14.0. The molecule has 2 rings (SSSR count). The molecule has 0 aliphatic carbocycles. The number of hydrogen-bond donors (Lipinski definition) is 1. The molecule has 3 nitrogen and oxygen atoms in total. The smallest absolute Gasteiger partial charge is 0.257 e. The summed E-state index contributed by atoms with van der Waals surface area (Å²) in [6.07, 6.45) is 0. The lowest BCUT2D eigenvalue weighted by atomic mass is 10.2. The lowest BCUT2D eigenvalue weighted by Gasteiger charge is -2.06. The molecule has 0 saturated carbocycles. The molecule has 0 aliphatic heterocycles. The summed E-state index contributed by atoms with van der Waals surface area (Å²) in [5.41, 5.74) is 3.25. The van der Waals surface area contributed by atoms with Gasteiger partial charge in [0.25, 0.3) is 5.91 Å². The minimum atomic E-state index is -0.153. The Hall–Kier alpha value is -1.45. The Morgan fingerprint density at radius 1 is 1.16 bits per heavy atom. The summed E-state index contributed by atoms with van der Waals surface area (Å²) in [7, 11) is 1.93. The molecule has 0 aliphatic rings. The van der Waals surface area contributed by atoms with Crippen LogP contribution >= 0.6 is 23.2 Å². The number of carbonyl (C=O) groups is 1. The molecule has 1 N–H and O–H groups in total. The highest BCUT2D eigenvalue weighted by Gasteiger charge is 2.14. The molecular formula is C14H14Cl2N2O. The number of amides is 1. The van der Waals surface area contributed by atoms with Gasteiger partial charge in [-0.1, -0.05) is 23.2 Å². The molecular weight excluding hydrogens is 283 g/mol.